The van der Waals surface area contributed by atoms with Crippen LogP contribution in [-0.2, 0) is 17.8 Å². The average molecular weight is 442 g/mol. The molecule has 0 atom stereocenters. The minimum Gasteiger partial charge on any atom is -0.338 e. The van der Waals surface area contributed by atoms with Crippen molar-refractivity contribution in [1.29, 1.82) is 0 Å². The number of aryl methyl sites for hydroxylation is 1. The molecule has 5 nitrogen and oxygen atoms in total. The van der Waals surface area contributed by atoms with Crippen LogP contribution >= 0.6 is 0 Å². The molecule has 1 aromatic carbocycles. The molecule has 0 radical (unpaired) electrons. The van der Waals surface area contributed by atoms with Crippen LogP contribution in [-0.4, -0.2) is 23.5 Å². The fraction of sp³-hybridized carbons (Fsp3) is 0.593. The Balaban J connectivity index is 0.000000547. The first-order valence-corrected chi connectivity index (χ1v) is 12.4. The number of carbonyl (C=O) groups is 1. The summed E-state index contributed by atoms with van der Waals surface area (Å²) >= 11 is 0. The molecule has 0 aliphatic carbocycles. The molecular formula is C27H43N3O2. The molecular weight excluding hydrogens is 398 g/mol. The van der Waals surface area contributed by atoms with Gasteiger partial charge in [0.05, 0.1) is 6.54 Å². The Bertz CT molecular complexity index is 723. The van der Waals surface area contributed by atoms with Gasteiger partial charge < -0.3 is 14.6 Å². The van der Waals surface area contributed by atoms with Gasteiger partial charge in [-0.25, -0.2) is 0 Å². The topological polar surface area (TPSA) is 68.0 Å². The zero-order chi connectivity index (χ0) is 23.3. The van der Waals surface area contributed by atoms with Gasteiger partial charge in [-0.2, -0.15) is 4.98 Å². The van der Waals surface area contributed by atoms with Gasteiger partial charge in [-0.1, -0.05) is 100 Å². The summed E-state index contributed by atoms with van der Waals surface area (Å²) in [6.45, 7) is 4.95. The highest BCUT2D eigenvalue weighted by Crippen LogP contribution is 2.18. The van der Waals surface area contributed by atoms with Crippen LogP contribution in [0.25, 0.3) is 11.4 Å². The van der Waals surface area contributed by atoms with E-state index in [1.807, 2.05) is 13.1 Å². The summed E-state index contributed by atoms with van der Waals surface area (Å²) in [6, 6.07) is 8.55. The number of aromatic nitrogens is 2. The standard InChI is InChI=1S/C20H31N3O.C7H12O/c1-3-4-5-6-7-8-9-10-11-17-12-14-18(15-13-17)20-22-19(16-21-2)24-23-20;1-2-3-4-5-6-7-8/h12-15,21H,3-11,16H2,1-2H3;3-4,7H,2,5-6H2,1H3/b;4-3-. The molecule has 2 aromatic rings. The highest BCUT2D eigenvalue weighted by atomic mass is 16.5. The number of hydrogen-bond donors (Lipinski definition) is 1. The lowest BCUT2D eigenvalue weighted by Crippen LogP contribution is -2.04. The summed E-state index contributed by atoms with van der Waals surface area (Å²) in [4.78, 5) is 14.1. The number of benzene rings is 1. The first kappa shape index (κ1) is 27.8. The van der Waals surface area contributed by atoms with E-state index in [0.717, 1.165) is 31.1 Å². The number of carbonyl (C=O) groups excluding carboxylic acids is 1. The minimum atomic E-state index is 0.601. The van der Waals surface area contributed by atoms with Crippen LogP contribution in [0.2, 0.25) is 0 Å². The van der Waals surface area contributed by atoms with Crippen molar-refractivity contribution in [3.05, 3.63) is 47.9 Å². The quantitative estimate of drug-likeness (QED) is 0.171. The van der Waals surface area contributed by atoms with Crippen molar-refractivity contribution in [1.82, 2.24) is 15.5 Å². The maximum absolute atomic E-state index is 9.73. The van der Waals surface area contributed by atoms with E-state index in [1.54, 1.807) is 0 Å². The minimum absolute atomic E-state index is 0.601. The molecule has 5 heteroatoms. The Morgan fingerprint density at radius 1 is 0.906 bits per heavy atom. The average Bonchev–Trinajstić information content (AvgIpc) is 3.28. The SMILES string of the molecule is CC/C=C\CCC=O.CCCCCCCCCCc1ccc(-c2noc(CNC)n2)cc1. The largest absolute Gasteiger partial charge is 0.338 e. The summed E-state index contributed by atoms with van der Waals surface area (Å²) in [5.41, 5.74) is 2.41. The smallest absolute Gasteiger partial charge is 0.240 e. The predicted molar refractivity (Wildman–Crippen MR) is 134 cm³/mol. The second-order valence-electron chi connectivity index (χ2n) is 8.09. The molecule has 0 aliphatic heterocycles. The molecule has 32 heavy (non-hydrogen) atoms. The van der Waals surface area contributed by atoms with Gasteiger partial charge in [-0.15, -0.1) is 0 Å². The molecule has 1 aromatic heterocycles. The summed E-state index contributed by atoms with van der Waals surface area (Å²) in [6.07, 6.45) is 19.8. The van der Waals surface area contributed by atoms with Gasteiger partial charge in [0.1, 0.15) is 6.29 Å². The van der Waals surface area contributed by atoms with Crippen molar-refractivity contribution >= 4 is 6.29 Å². The van der Waals surface area contributed by atoms with Gasteiger partial charge in [0.15, 0.2) is 0 Å². The maximum atomic E-state index is 9.73. The Morgan fingerprint density at radius 2 is 1.59 bits per heavy atom. The summed E-state index contributed by atoms with van der Waals surface area (Å²) in [5, 5.41) is 7.03. The van der Waals surface area contributed by atoms with E-state index in [1.165, 1.54) is 56.9 Å². The number of hydrogen-bond acceptors (Lipinski definition) is 5. The van der Waals surface area contributed by atoms with Crippen LogP contribution < -0.4 is 5.32 Å². The predicted octanol–water partition coefficient (Wildman–Crippen LogP) is 7.07. The molecule has 0 aliphatic rings. The van der Waals surface area contributed by atoms with E-state index < -0.39 is 0 Å². The van der Waals surface area contributed by atoms with E-state index in [4.69, 9.17) is 4.52 Å². The molecule has 178 valence electrons. The van der Waals surface area contributed by atoms with E-state index >= 15 is 0 Å². The van der Waals surface area contributed by atoms with Crippen molar-refractivity contribution in [2.45, 2.75) is 97.4 Å². The number of nitrogens with one attached hydrogen (secondary N) is 1. The van der Waals surface area contributed by atoms with Crippen LogP contribution in [0.5, 0.6) is 0 Å². The van der Waals surface area contributed by atoms with E-state index in [2.05, 4.69) is 59.6 Å². The van der Waals surface area contributed by atoms with Gasteiger partial charge in [-0.05, 0) is 38.3 Å². The third-order valence-corrected chi connectivity index (χ3v) is 5.18. The van der Waals surface area contributed by atoms with Crippen molar-refractivity contribution in [2.24, 2.45) is 0 Å². The number of rotatable bonds is 16. The van der Waals surface area contributed by atoms with Crippen LogP contribution in [0.3, 0.4) is 0 Å². The Labute approximate surface area is 195 Å². The molecule has 0 saturated heterocycles. The van der Waals surface area contributed by atoms with Crippen LogP contribution in [0.1, 0.15) is 95.9 Å². The van der Waals surface area contributed by atoms with Gasteiger partial charge in [0, 0.05) is 12.0 Å². The van der Waals surface area contributed by atoms with Gasteiger partial charge in [0.25, 0.3) is 0 Å². The first-order chi connectivity index (χ1) is 15.7. The summed E-state index contributed by atoms with van der Waals surface area (Å²) < 4.78 is 5.19. The normalized spacial score (nSPS) is 10.8. The van der Waals surface area contributed by atoms with Crippen LogP contribution in [0.4, 0.5) is 0 Å². The zero-order valence-electron chi connectivity index (χ0n) is 20.4. The first-order valence-electron chi connectivity index (χ1n) is 12.4. The number of unbranched alkanes of at least 4 members (excludes halogenated alkanes) is 8. The molecule has 0 saturated carbocycles. The fourth-order valence-electron chi connectivity index (χ4n) is 3.33. The molecule has 0 amide bonds. The van der Waals surface area contributed by atoms with Crippen molar-refractivity contribution in [3.63, 3.8) is 0 Å². The Kier molecular flexibility index (Phi) is 16.8. The highest BCUT2D eigenvalue weighted by molar-refractivity contribution is 5.54. The fourth-order valence-corrected chi connectivity index (χ4v) is 3.33. The number of aldehydes is 1. The lowest BCUT2D eigenvalue weighted by Gasteiger charge is -2.03. The van der Waals surface area contributed by atoms with Crippen LogP contribution in [0, 0.1) is 0 Å². The lowest BCUT2D eigenvalue weighted by atomic mass is 10.0. The van der Waals surface area contributed by atoms with E-state index in [9.17, 15) is 4.79 Å². The number of nitrogens with zero attached hydrogens (tertiary/aromatic N) is 2. The van der Waals surface area contributed by atoms with Crippen molar-refractivity contribution in [3.8, 4) is 11.4 Å². The Morgan fingerprint density at radius 3 is 2.22 bits per heavy atom. The maximum Gasteiger partial charge on any atom is 0.240 e. The van der Waals surface area contributed by atoms with Gasteiger partial charge >= 0.3 is 0 Å². The second-order valence-corrected chi connectivity index (χ2v) is 8.09. The van der Waals surface area contributed by atoms with Crippen molar-refractivity contribution in [2.75, 3.05) is 7.05 Å². The molecule has 0 fully saturated rings. The monoisotopic (exact) mass is 441 g/mol. The molecule has 1 heterocycles. The van der Waals surface area contributed by atoms with Crippen LogP contribution in [0.15, 0.2) is 40.9 Å². The lowest BCUT2D eigenvalue weighted by molar-refractivity contribution is -0.107. The third-order valence-electron chi connectivity index (χ3n) is 5.18. The van der Waals surface area contributed by atoms with E-state index in [0.29, 0.717) is 24.7 Å². The highest BCUT2D eigenvalue weighted by Gasteiger charge is 2.07. The molecule has 0 spiro atoms. The molecule has 2 rings (SSSR count). The number of allylic oxidation sites excluding steroid dienone is 2. The van der Waals surface area contributed by atoms with Crippen molar-refractivity contribution < 1.29 is 9.32 Å². The summed E-state index contributed by atoms with van der Waals surface area (Å²) in [7, 11) is 1.86. The summed E-state index contributed by atoms with van der Waals surface area (Å²) in [5.74, 6) is 1.29. The van der Waals surface area contributed by atoms with E-state index in [-0.39, 0.29) is 0 Å². The molecule has 0 bridgehead atoms. The van der Waals surface area contributed by atoms with Gasteiger partial charge in [0.2, 0.25) is 11.7 Å². The third kappa shape index (κ3) is 13.2. The zero-order valence-corrected chi connectivity index (χ0v) is 20.4. The Hall–Kier alpha value is -2.27. The van der Waals surface area contributed by atoms with Gasteiger partial charge in [-0.3, -0.25) is 0 Å². The molecule has 0 unspecified atom stereocenters. The second kappa shape index (κ2) is 19.4. The molecule has 1 N–H and O–H groups in total.